The van der Waals surface area contributed by atoms with Gasteiger partial charge >= 0.3 is 6.09 Å². The van der Waals surface area contributed by atoms with Crippen molar-refractivity contribution in [3.8, 4) is 0 Å². The molecule has 0 N–H and O–H groups in total. The maximum Gasteiger partial charge on any atom is 0.415 e. The number of carbonyl (C=O) groups is 1. The summed E-state index contributed by atoms with van der Waals surface area (Å²) >= 11 is 1.73. The molecule has 5 heterocycles. The van der Waals surface area contributed by atoms with E-state index in [-0.39, 0.29) is 24.1 Å². The molecule has 2 bridgehead atoms. The number of benzene rings is 1. The number of nitrogens with zero attached hydrogens (tertiary/aromatic N) is 2. The molecular weight excluding hydrogens is 332 g/mol. The van der Waals surface area contributed by atoms with Crippen LogP contribution >= 0.6 is 23.7 Å². The maximum absolute atomic E-state index is 12.5. The van der Waals surface area contributed by atoms with Gasteiger partial charge in [0.25, 0.3) is 0 Å². The van der Waals surface area contributed by atoms with Gasteiger partial charge in [0.05, 0.1) is 6.54 Å². The Hall–Kier alpha value is -1.30. The summed E-state index contributed by atoms with van der Waals surface area (Å²) in [5.41, 5.74) is 0.682. The average Bonchev–Trinajstić information content (AvgIpc) is 3.12. The summed E-state index contributed by atoms with van der Waals surface area (Å²) in [6.45, 7) is 3.92. The molecule has 0 unspecified atom stereocenters. The van der Waals surface area contributed by atoms with Gasteiger partial charge in [-0.15, -0.1) is 23.7 Å². The zero-order valence-corrected chi connectivity index (χ0v) is 14.4. The minimum atomic E-state index is -0.281. The SMILES string of the molecule is Cl.O=C1O[C@]2(CN3CCC2CC3)CN1c1ccc2sccc2c1. The maximum atomic E-state index is 12.5. The predicted octanol–water partition coefficient (Wildman–Crippen LogP) is 3.74. The molecule has 0 saturated carbocycles. The Labute approximate surface area is 145 Å². The third-order valence-electron chi connectivity index (χ3n) is 5.51. The molecule has 1 spiro atoms. The molecule has 4 nitrogen and oxygen atoms in total. The van der Waals surface area contributed by atoms with Gasteiger partial charge in [0.2, 0.25) is 0 Å². The molecule has 1 aromatic carbocycles. The number of hydrogen-bond donors (Lipinski definition) is 0. The number of anilines is 1. The fraction of sp³-hybridized carbons (Fsp3) is 0.471. The van der Waals surface area contributed by atoms with E-state index in [2.05, 4.69) is 28.5 Å². The molecule has 1 atom stereocenters. The van der Waals surface area contributed by atoms with Gasteiger partial charge in [-0.3, -0.25) is 9.80 Å². The van der Waals surface area contributed by atoms with Crippen molar-refractivity contribution in [2.45, 2.75) is 18.4 Å². The number of piperidine rings is 3. The van der Waals surface area contributed by atoms with Crippen LogP contribution in [0.25, 0.3) is 10.1 Å². The van der Waals surface area contributed by atoms with Crippen LogP contribution < -0.4 is 4.90 Å². The van der Waals surface area contributed by atoms with E-state index in [9.17, 15) is 4.79 Å². The van der Waals surface area contributed by atoms with Crippen molar-refractivity contribution in [1.82, 2.24) is 4.90 Å². The van der Waals surface area contributed by atoms with Crippen molar-refractivity contribution in [1.29, 1.82) is 0 Å². The lowest BCUT2D eigenvalue weighted by atomic mass is 9.75. The number of rotatable bonds is 1. The molecule has 0 radical (unpaired) electrons. The van der Waals surface area contributed by atoms with Gasteiger partial charge < -0.3 is 4.74 Å². The molecule has 2 aromatic rings. The van der Waals surface area contributed by atoms with Crippen LogP contribution in [0.15, 0.2) is 29.6 Å². The van der Waals surface area contributed by atoms with Crippen LogP contribution in [0.2, 0.25) is 0 Å². The van der Waals surface area contributed by atoms with Crippen LogP contribution in [-0.2, 0) is 4.74 Å². The Morgan fingerprint density at radius 1 is 1.17 bits per heavy atom. The van der Waals surface area contributed by atoms with Gasteiger partial charge in [-0.25, -0.2) is 4.79 Å². The zero-order chi connectivity index (χ0) is 14.7. The molecule has 4 fully saturated rings. The Bertz CT molecular complexity index is 756. The largest absolute Gasteiger partial charge is 0.439 e. The lowest BCUT2D eigenvalue weighted by molar-refractivity contribution is -0.0881. The van der Waals surface area contributed by atoms with Crippen molar-refractivity contribution in [2.24, 2.45) is 5.92 Å². The molecule has 23 heavy (non-hydrogen) atoms. The highest BCUT2D eigenvalue weighted by Gasteiger charge is 2.55. The second-order valence-electron chi connectivity index (χ2n) is 6.71. The van der Waals surface area contributed by atoms with Crippen molar-refractivity contribution < 1.29 is 9.53 Å². The van der Waals surface area contributed by atoms with Crippen LogP contribution in [0.4, 0.5) is 10.5 Å². The fourth-order valence-corrected chi connectivity index (χ4v) is 5.10. The van der Waals surface area contributed by atoms with Crippen LogP contribution in [0.5, 0.6) is 0 Å². The van der Waals surface area contributed by atoms with Gasteiger partial charge in [-0.1, -0.05) is 0 Å². The number of thiophene rings is 1. The summed E-state index contributed by atoms with van der Waals surface area (Å²) in [6, 6.07) is 8.35. The summed E-state index contributed by atoms with van der Waals surface area (Å²) in [4.78, 5) is 16.8. The van der Waals surface area contributed by atoms with Gasteiger partial charge in [-0.05, 0) is 61.0 Å². The third-order valence-corrected chi connectivity index (χ3v) is 6.41. The second kappa shape index (κ2) is 5.36. The molecule has 4 saturated heterocycles. The second-order valence-corrected chi connectivity index (χ2v) is 7.66. The van der Waals surface area contributed by atoms with Gasteiger partial charge in [0.15, 0.2) is 0 Å². The lowest BCUT2D eigenvalue weighted by Gasteiger charge is -2.49. The van der Waals surface area contributed by atoms with Crippen LogP contribution in [0, 0.1) is 5.92 Å². The molecule has 4 aliphatic rings. The van der Waals surface area contributed by atoms with Gasteiger partial charge in [-0.2, -0.15) is 0 Å². The van der Waals surface area contributed by atoms with Crippen LogP contribution in [-0.4, -0.2) is 42.8 Å². The normalized spacial score (nSPS) is 32.3. The highest BCUT2D eigenvalue weighted by Crippen LogP contribution is 2.43. The average molecular weight is 351 g/mol. The van der Waals surface area contributed by atoms with E-state index >= 15 is 0 Å². The van der Waals surface area contributed by atoms with Crippen molar-refractivity contribution >= 4 is 45.6 Å². The lowest BCUT2D eigenvalue weighted by Crippen LogP contribution is -2.61. The predicted molar refractivity (Wildman–Crippen MR) is 94.8 cm³/mol. The van der Waals surface area contributed by atoms with E-state index in [4.69, 9.17) is 4.74 Å². The summed E-state index contributed by atoms with van der Waals surface area (Å²) in [6.07, 6.45) is 2.14. The van der Waals surface area contributed by atoms with E-state index in [0.717, 1.165) is 38.2 Å². The third kappa shape index (κ3) is 2.25. The Morgan fingerprint density at radius 2 is 2.00 bits per heavy atom. The van der Waals surface area contributed by atoms with Crippen molar-refractivity contribution in [3.63, 3.8) is 0 Å². The van der Waals surface area contributed by atoms with E-state index in [1.807, 2.05) is 11.0 Å². The highest BCUT2D eigenvalue weighted by atomic mass is 35.5. The monoisotopic (exact) mass is 350 g/mol. The zero-order valence-electron chi connectivity index (χ0n) is 12.7. The molecule has 1 aromatic heterocycles. The smallest absolute Gasteiger partial charge is 0.415 e. The summed E-state index contributed by atoms with van der Waals surface area (Å²) < 4.78 is 7.19. The van der Waals surface area contributed by atoms with Crippen molar-refractivity contribution in [3.05, 3.63) is 29.6 Å². The summed E-state index contributed by atoms with van der Waals surface area (Å²) in [5.74, 6) is 0.524. The van der Waals surface area contributed by atoms with E-state index in [1.165, 1.54) is 10.1 Å². The van der Waals surface area contributed by atoms with Crippen LogP contribution in [0.3, 0.4) is 0 Å². The summed E-state index contributed by atoms with van der Waals surface area (Å²) in [7, 11) is 0. The molecule has 122 valence electrons. The Kier molecular flexibility index (Phi) is 3.55. The minimum Gasteiger partial charge on any atom is -0.439 e. The number of ether oxygens (including phenoxy) is 1. The number of halogens is 1. The molecule has 0 aliphatic carbocycles. The molecular formula is C17H19ClN2O2S. The fourth-order valence-electron chi connectivity index (χ4n) is 4.33. The first kappa shape index (κ1) is 15.2. The Balaban J connectivity index is 0.00000135. The van der Waals surface area contributed by atoms with E-state index in [0.29, 0.717) is 12.5 Å². The minimum absolute atomic E-state index is 0. The molecule has 6 rings (SSSR count). The van der Waals surface area contributed by atoms with E-state index in [1.54, 1.807) is 11.3 Å². The van der Waals surface area contributed by atoms with Gasteiger partial charge in [0.1, 0.15) is 5.60 Å². The topological polar surface area (TPSA) is 32.8 Å². The Morgan fingerprint density at radius 3 is 2.74 bits per heavy atom. The van der Waals surface area contributed by atoms with E-state index < -0.39 is 0 Å². The number of hydrogen-bond acceptors (Lipinski definition) is 4. The van der Waals surface area contributed by atoms with Crippen molar-refractivity contribution in [2.75, 3.05) is 31.1 Å². The first-order valence-electron chi connectivity index (χ1n) is 7.94. The van der Waals surface area contributed by atoms with Crippen LogP contribution in [0.1, 0.15) is 12.8 Å². The number of amides is 1. The molecule has 4 aliphatic heterocycles. The first-order valence-corrected chi connectivity index (χ1v) is 8.82. The van der Waals surface area contributed by atoms with Gasteiger partial charge in [0, 0.05) is 22.8 Å². The number of fused-ring (bicyclic) bond motifs is 3. The number of carbonyl (C=O) groups excluding carboxylic acids is 1. The quantitative estimate of drug-likeness (QED) is 0.785. The highest BCUT2D eigenvalue weighted by molar-refractivity contribution is 7.17. The molecule has 1 amide bonds. The summed E-state index contributed by atoms with van der Waals surface area (Å²) in [5, 5.41) is 3.29. The standard InChI is InChI=1S/C17H18N2O2S.ClH/c20-16-19(14-1-2-15-12(9-14)5-8-22-15)11-17(21-16)10-18-6-3-13(17)4-7-18;/h1-2,5,8-9,13H,3-4,6-7,10-11H2;1H/t17-;/m1./s1. The first-order chi connectivity index (χ1) is 10.7. The molecule has 6 heteroatoms.